The van der Waals surface area contributed by atoms with Gasteiger partial charge in [-0.1, -0.05) is 19.9 Å². The first kappa shape index (κ1) is 16.8. The van der Waals surface area contributed by atoms with Gasteiger partial charge in [-0.3, -0.25) is 19.3 Å². The summed E-state index contributed by atoms with van der Waals surface area (Å²) < 4.78 is 0. The molecule has 1 saturated heterocycles. The molecule has 2 heterocycles. The molecule has 1 aliphatic rings. The molecule has 0 aromatic carbocycles. The molecule has 3 amide bonds. The Morgan fingerprint density at radius 2 is 2.09 bits per heavy atom. The molecule has 1 aliphatic heterocycles. The van der Waals surface area contributed by atoms with E-state index in [4.69, 9.17) is 0 Å². The third-order valence-electron chi connectivity index (χ3n) is 3.38. The van der Waals surface area contributed by atoms with Crippen LogP contribution in [0.3, 0.4) is 0 Å². The van der Waals surface area contributed by atoms with E-state index in [2.05, 4.69) is 5.32 Å². The molecule has 0 spiro atoms. The molecule has 0 aliphatic carbocycles. The average Bonchev–Trinajstić information content (AvgIpc) is 3.03. The minimum atomic E-state index is -0.407. The van der Waals surface area contributed by atoms with Crippen molar-refractivity contribution in [3.63, 3.8) is 0 Å². The molecule has 1 atom stereocenters. The molecule has 5 nitrogen and oxygen atoms in total. The van der Waals surface area contributed by atoms with Crippen molar-refractivity contribution in [3.8, 4) is 0 Å². The van der Waals surface area contributed by atoms with E-state index in [0.29, 0.717) is 4.91 Å². The van der Waals surface area contributed by atoms with Crippen LogP contribution in [0.4, 0.5) is 4.79 Å². The van der Waals surface area contributed by atoms with E-state index in [9.17, 15) is 14.4 Å². The second-order valence-electron chi connectivity index (χ2n) is 5.38. The Labute approximate surface area is 137 Å². The van der Waals surface area contributed by atoms with Crippen molar-refractivity contribution in [1.29, 1.82) is 0 Å². The van der Waals surface area contributed by atoms with E-state index in [1.54, 1.807) is 6.08 Å². The van der Waals surface area contributed by atoms with Crippen molar-refractivity contribution in [2.45, 2.75) is 26.8 Å². The van der Waals surface area contributed by atoms with Crippen LogP contribution in [0.5, 0.6) is 0 Å². The second kappa shape index (κ2) is 7.11. The molecule has 118 valence electrons. The first-order valence-electron chi connectivity index (χ1n) is 6.96. The molecular formula is C15H18N2O3S2. The molecule has 1 unspecified atom stereocenters. The Balaban J connectivity index is 2.02. The summed E-state index contributed by atoms with van der Waals surface area (Å²) in [5.74, 6) is -0.436. The highest BCUT2D eigenvalue weighted by molar-refractivity contribution is 8.18. The van der Waals surface area contributed by atoms with Gasteiger partial charge in [-0.2, -0.15) is 0 Å². The average molecular weight is 338 g/mol. The maximum atomic E-state index is 12.2. The van der Waals surface area contributed by atoms with Gasteiger partial charge in [0.1, 0.15) is 6.54 Å². The smallest absolute Gasteiger partial charge is 0.294 e. The zero-order valence-electron chi connectivity index (χ0n) is 12.7. The van der Waals surface area contributed by atoms with Gasteiger partial charge in [-0.05, 0) is 42.1 Å². The number of hydrogen-bond donors (Lipinski definition) is 1. The third kappa shape index (κ3) is 3.98. The molecular weight excluding hydrogens is 320 g/mol. The molecule has 2 rings (SSSR count). The SMILES string of the molecule is CC(C)C(C)NC(=O)CN1C(=O)S/C(=C\c2cccs2)C1=O. The molecule has 22 heavy (non-hydrogen) atoms. The lowest BCUT2D eigenvalue weighted by atomic mass is 10.1. The number of carbonyl (C=O) groups is 3. The largest absolute Gasteiger partial charge is 0.352 e. The predicted octanol–water partition coefficient (Wildman–Crippen LogP) is 2.95. The number of imide groups is 1. The quantitative estimate of drug-likeness (QED) is 0.838. The fourth-order valence-electron chi connectivity index (χ4n) is 1.75. The van der Waals surface area contributed by atoms with Gasteiger partial charge in [-0.15, -0.1) is 11.3 Å². The maximum Gasteiger partial charge on any atom is 0.294 e. The van der Waals surface area contributed by atoms with Crippen LogP contribution in [-0.4, -0.2) is 34.5 Å². The first-order valence-corrected chi connectivity index (χ1v) is 8.66. The lowest BCUT2D eigenvalue weighted by molar-refractivity contribution is -0.129. The molecule has 0 saturated carbocycles. The van der Waals surface area contributed by atoms with Gasteiger partial charge < -0.3 is 5.32 Å². The number of amides is 3. The molecule has 0 radical (unpaired) electrons. The van der Waals surface area contributed by atoms with E-state index in [1.807, 2.05) is 38.3 Å². The molecule has 1 N–H and O–H groups in total. The van der Waals surface area contributed by atoms with E-state index >= 15 is 0 Å². The Bertz CT molecular complexity index is 608. The van der Waals surface area contributed by atoms with Gasteiger partial charge in [0.25, 0.3) is 11.1 Å². The lowest BCUT2D eigenvalue weighted by Crippen LogP contribution is -2.44. The van der Waals surface area contributed by atoms with Gasteiger partial charge in [0.2, 0.25) is 5.91 Å². The number of carbonyl (C=O) groups excluding carboxylic acids is 3. The highest BCUT2D eigenvalue weighted by Crippen LogP contribution is 2.32. The molecule has 1 aromatic heterocycles. The Kier molecular flexibility index (Phi) is 5.42. The summed E-state index contributed by atoms with van der Waals surface area (Å²) in [7, 11) is 0. The number of thioether (sulfide) groups is 1. The van der Waals surface area contributed by atoms with Gasteiger partial charge >= 0.3 is 0 Å². The predicted molar refractivity (Wildman–Crippen MR) is 89.4 cm³/mol. The van der Waals surface area contributed by atoms with E-state index in [0.717, 1.165) is 21.5 Å². The first-order chi connectivity index (χ1) is 10.4. The highest BCUT2D eigenvalue weighted by atomic mass is 32.2. The summed E-state index contributed by atoms with van der Waals surface area (Å²) in [6.45, 7) is 5.65. The minimum Gasteiger partial charge on any atom is -0.352 e. The van der Waals surface area contributed by atoms with Crippen molar-refractivity contribution < 1.29 is 14.4 Å². The molecule has 7 heteroatoms. The lowest BCUT2D eigenvalue weighted by Gasteiger charge is -2.19. The highest BCUT2D eigenvalue weighted by Gasteiger charge is 2.36. The van der Waals surface area contributed by atoms with Crippen molar-refractivity contribution in [2.24, 2.45) is 5.92 Å². The zero-order valence-corrected chi connectivity index (χ0v) is 14.3. The van der Waals surface area contributed by atoms with E-state index < -0.39 is 11.1 Å². The summed E-state index contributed by atoms with van der Waals surface area (Å²) in [5, 5.41) is 4.29. The standard InChI is InChI=1S/C15H18N2O3S2/c1-9(2)10(3)16-13(18)8-17-14(19)12(22-15(17)20)7-11-5-4-6-21-11/h4-7,9-10H,8H2,1-3H3,(H,16,18)/b12-7-. The molecule has 1 fully saturated rings. The van der Waals surface area contributed by atoms with Gasteiger partial charge in [0.05, 0.1) is 4.91 Å². The number of rotatable bonds is 5. The minimum absolute atomic E-state index is 0.00547. The van der Waals surface area contributed by atoms with E-state index in [-0.39, 0.29) is 24.4 Å². The number of nitrogens with zero attached hydrogens (tertiary/aromatic N) is 1. The Morgan fingerprint density at radius 3 is 2.68 bits per heavy atom. The summed E-state index contributed by atoms with van der Waals surface area (Å²) in [4.78, 5) is 38.4. The summed E-state index contributed by atoms with van der Waals surface area (Å²) >= 11 is 2.36. The van der Waals surface area contributed by atoms with Crippen LogP contribution in [0.1, 0.15) is 25.6 Å². The van der Waals surface area contributed by atoms with Crippen LogP contribution in [0, 0.1) is 5.92 Å². The van der Waals surface area contributed by atoms with Crippen molar-refractivity contribution in [1.82, 2.24) is 10.2 Å². The van der Waals surface area contributed by atoms with E-state index in [1.165, 1.54) is 11.3 Å². The number of thiophene rings is 1. The van der Waals surface area contributed by atoms with Crippen LogP contribution >= 0.6 is 23.1 Å². The van der Waals surface area contributed by atoms with Crippen LogP contribution in [-0.2, 0) is 9.59 Å². The van der Waals surface area contributed by atoms with Crippen LogP contribution in [0.2, 0.25) is 0 Å². The second-order valence-corrected chi connectivity index (χ2v) is 7.36. The molecule has 1 aromatic rings. The summed E-state index contributed by atoms with van der Waals surface area (Å²) in [6, 6.07) is 3.74. The zero-order chi connectivity index (χ0) is 16.3. The van der Waals surface area contributed by atoms with Crippen LogP contribution in [0.25, 0.3) is 6.08 Å². The van der Waals surface area contributed by atoms with Gasteiger partial charge in [0.15, 0.2) is 0 Å². The van der Waals surface area contributed by atoms with Crippen molar-refractivity contribution in [3.05, 3.63) is 27.3 Å². The normalized spacial score (nSPS) is 18.4. The maximum absolute atomic E-state index is 12.2. The molecule has 0 bridgehead atoms. The number of nitrogens with one attached hydrogen (secondary N) is 1. The monoisotopic (exact) mass is 338 g/mol. The van der Waals surface area contributed by atoms with Crippen LogP contribution in [0.15, 0.2) is 22.4 Å². The van der Waals surface area contributed by atoms with Crippen molar-refractivity contribution in [2.75, 3.05) is 6.54 Å². The van der Waals surface area contributed by atoms with Gasteiger partial charge in [0, 0.05) is 10.9 Å². The fraction of sp³-hybridized carbons (Fsp3) is 0.400. The fourth-order valence-corrected chi connectivity index (χ4v) is 3.31. The third-order valence-corrected chi connectivity index (χ3v) is 5.11. The van der Waals surface area contributed by atoms with Crippen molar-refractivity contribution >= 4 is 46.2 Å². The van der Waals surface area contributed by atoms with Gasteiger partial charge in [-0.25, -0.2) is 0 Å². The topological polar surface area (TPSA) is 66.5 Å². The Morgan fingerprint density at radius 1 is 1.36 bits per heavy atom. The summed E-state index contributed by atoms with van der Waals surface area (Å²) in [5.41, 5.74) is 0. The van der Waals surface area contributed by atoms with Crippen LogP contribution < -0.4 is 5.32 Å². The Hall–Kier alpha value is -1.60. The number of hydrogen-bond acceptors (Lipinski definition) is 5. The summed E-state index contributed by atoms with van der Waals surface area (Å²) in [6.07, 6.45) is 1.68.